The van der Waals surface area contributed by atoms with Crippen LogP contribution >= 0.6 is 0 Å². The number of aliphatic hydroxyl groups excluding tert-OH is 1. The minimum Gasteiger partial charge on any atom is -0.548 e. The molecule has 3 aromatic rings. The number of aliphatic hydroxyl groups is 1. The van der Waals surface area contributed by atoms with Gasteiger partial charge in [0.25, 0.3) is 0 Å². The Morgan fingerprint density at radius 3 is 2.21 bits per heavy atom. The Kier molecular flexibility index (Phi) is 9.70. The zero-order chi connectivity index (χ0) is 28.7. The Morgan fingerprint density at radius 1 is 0.949 bits per heavy atom. The highest BCUT2D eigenvalue weighted by Gasteiger charge is 2.28. The molecule has 2 amide bonds. The molecule has 0 radical (unpaired) electrons. The van der Waals surface area contributed by atoms with E-state index in [0.29, 0.717) is 5.56 Å². The highest BCUT2D eigenvalue weighted by Crippen LogP contribution is 2.28. The van der Waals surface area contributed by atoms with Crippen LogP contribution in [-0.2, 0) is 20.7 Å². The number of carbonyl (C=O) groups excluding carboxylic acids is 3. The third-order valence-electron chi connectivity index (χ3n) is 6.02. The zero-order valence-electron chi connectivity index (χ0n) is 23.1. The number of carboxylic acid groups (broad SMARTS) is 1. The van der Waals surface area contributed by atoms with Crippen LogP contribution in [0, 0.1) is 5.92 Å². The molecule has 208 valence electrons. The molecule has 3 aromatic carbocycles. The molecule has 0 fully saturated rings. The minimum absolute atomic E-state index is 0.00426. The average Bonchev–Trinajstić information content (AvgIpc) is 2.86. The molecule has 0 spiro atoms. The third-order valence-corrected chi connectivity index (χ3v) is 6.02. The summed E-state index contributed by atoms with van der Waals surface area (Å²) in [5.74, 6) is -2.28. The van der Waals surface area contributed by atoms with Gasteiger partial charge in [-0.2, -0.15) is 0 Å². The van der Waals surface area contributed by atoms with Crippen molar-refractivity contribution in [2.45, 2.75) is 58.8 Å². The number of rotatable bonds is 10. The molecule has 0 saturated carbocycles. The van der Waals surface area contributed by atoms with Gasteiger partial charge in [-0.25, -0.2) is 9.59 Å². The molecular formula is C31H37N2O6-. The lowest BCUT2D eigenvalue weighted by Gasteiger charge is -2.30. The van der Waals surface area contributed by atoms with E-state index in [2.05, 4.69) is 23.5 Å². The molecule has 2 atom stereocenters. The van der Waals surface area contributed by atoms with Gasteiger partial charge < -0.3 is 30.0 Å². The number of carbonyl (C=O) groups is 3. The van der Waals surface area contributed by atoms with E-state index in [1.807, 2.05) is 62.4 Å². The first-order chi connectivity index (χ1) is 18.3. The normalized spacial score (nSPS) is 13.1. The first kappa shape index (κ1) is 29.6. The molecule has 1 unspecified atom stereocenters. The van der Waals surface area contributed by atoms with Gasteiger partial charge in [0, 0.05) is 6.54 Å². The number of ether oxygens (including phenoxy) is 1. The van der Waals surface area contributed by atoms with Crippen LogP contribution in [-0.4, -0.2) is 58.8 Å². The molecule has 0 saturated heterocycles. The molecule has 3 rings (SSSR count). The SMILES string of the molecule is CC(C)CN(CC(O)C(=O)OC(C)(C)C)C(=O)N[C@@H](Cc1ccc(-c2cccc3ccccc23)cc1)C(=O)[O-]. The van der Waals surface area contributed by atoms with Gasteiger partial charge in [-0.3, -0.25) is 0 Å². The van der Waals surface area contributed by atoms with Crippen molar-refractivity contribution in [1.29, 1.82) is 0 Å². The van der Waals surface area contributed by atoms with Crippen molar-refractivity contribution in [3.05, 3.63) is 72.3 Å². The maximum atomic E-state index is 13.1. The van der Waals surface area contributed by atoms with E-state index in [4.69, 9.17) is 4.74 Å². The van der Waals surface area contributed by atoms with Crippen molar-refractivity contribution in [2.24, 2.45) is 5.92 Å². The number of aliphatic carboxylic acids is 1. The van der Waals surface area contributed by atoms with Crippen LogP contribution in [0.3, 0.4) is 0 Å². The van der Waals surface area contributed by atoms with E-state index in [9.17, 15) is 24.6 Å². The van der Waals surface area contributed by atoms with Gasteiger partial charge in [0.1, 0.15) is 5.60 Å². The largest absolute Gasteiger partial charge is 0.548 e. The predicted molar refractivity (Wildman–Crippen MR) is 149 cm³/mol. The lowest BCUT2D eigenvalue weighted by molar-refractivity contribution is -0.308. The van der Waals surface area contributed by atoms with Gasteiger partial charge in [-0.05, 0) is 60.6 Å². The minimum atomic E-state index is -1.57. The molecule has 8 nitrogen and oxygen atoms in total. The van der Waals surface area contributed by atoms with Crippen LogP contribution in [0.4, 0.5) is 4.79 Å². The number of fused-ring (bicyclic) bond motifs is 1. The highest BCUT2D eigenvalue weighted by atomic mass is 16.6. The third kappa shape index (κ3) is 8.55. The van der Waals surface area contributed by atoms with E-state index < -0.39 is 35.7 Å². The van der Waals surface area contributed by atoms with Crippen LogP contribution < -0.4 is 10.4 Å². The Balaban J connectivity index is 1.72. The molecule has 0 aliphatic heterocycles. The number of urea groups is 1. The number of esters is 1. The summed E-state index contributed by atoms with van der Waals surface area (Å²) in [6.45, 7) is 8.63. The van der Waals surface area contributed by atoms with E-state index in [1.165, 1.54) is 4.90 Å². The standard InChI is InChI=1S/C31H38N2O6/c1-20(2)18-33(19-27(34)29(37)39-31(3,4)5)30(38)32-26(28(35)36)17-21-13-15-23(16-14-21)25-12-8-10-22-9-6-7-11-24(22)25/h6-16,20,26-27,34H,17-19H2,1-5H3,(H,32,38)(H,35,36)/p-1/t26-,27?/m0/s1. The van der Waals surface area contributed by atoms with E-state index in [0.717, 1.165) is 21.9 Å². The van der Waals surface area contributed by atoms with Gasteiger partial charge >= 0.3 is 12.0 Å². The monoisotopic (exact) mass is 533 g/mol. The maximum Gasteiger partial charge on any atom is 0.337 e. The molecular weight excluding hydrogens is 496 g/mol. The summed E-state index contributed by atoms with van der Waals surface area (Å²) in [6.07, 6.45) is -1.56. The second-order valence-electron chi connectivity index (χ2n) is 11.1. The van der Waals surface area contributed by atoms with Gasteiger partial charge in [-0.15, -0.1) is 0 Å². The van der Waals surface area contributed by atoms with Crippen LogP contribution in [0.1, 0.15) is 40.2 Å². The number of amides is 2. The number of benzene rings is 3. The second kappa shape index (κ2) is 12.8. The molecule has 0 aliphatic carbocycles. The average molecular weight is 534 g/mol. The maximum absolute atomic E-state index is 13.1. The summed E-state index contributed by atoms with van der Waals surface area (Å²) < 4.78 is 5.20. The van der Waals surface area contributed by atoms with Gasteiger partial charge in [0.05, 0.1) is 18.6 Å². The molecule has 8 heteroatoms. The summed E-state index contributed by atoms with van der Waals surface area (Å²) in [6, 6.07) is 19.7. The first-order valence-electron chi connectivity index (χ1n) is 13.1. The topological polar surface area (TPSA) is 119 Å². The first-order valence-corrected chi connectivity index (χ1v) is 13.1. The number of nitrogens with zero attached hydrogens (tertiary/aromatic N) is 1. The molecule has 0 heterocycles. The van der Waals surface area contributed by atoms with Crippen molar-refractivity contribution in [2.75, 3.05) is 13.1 Å². The van der Waals surface area contributed by atoms with Gasteiger partial charge in [0.15, 0.2) is 6.10 Å². The van der Waals surface area contributed by atoms with Crippen LogP contribution in [0.2, 0.25) is 0 Å². The molecule has 0 aromatic heterocycles. The fourth-order valence-corrected chi connectivity index (χ4v) is 4.30. The summed E-state index contributed by atoms with van der Waals surface area (Å²) in [5.41, 5.74) is 1.96. The second-order valence-corrected chi connectivity index (χ2v) is 11.1. The van der Waals surface area contributed by atoms with E-state index in [-0.39, 0.29) is 25.4 Å². The van der Waals surface area contributed by atoms with E-state index >= 15 is 0 Å². The van der Waals surface area contributed by atoms with Crippen LogP contribution in [0.15, 0.2) is 66.7 Å². The summed E-state index contributed by atoms with van der Waals surface area (Å²) >= 11 is 0. The fraction of sp³-hybridized carbons (Fsp3) is 0.387. The zero-order valence-corrected chi connectivity index (χ0v) is 23.1. The van der Waals surface area contributed by atoms with Crippen molar-refractivity contribution in [3.63, 3.8) is 0 Å². The number of hydrogen-bond donors (Lipinski definition) is 2. The smallest absolute Gasteiger partial charge is 0.337 e. The Labute approximate surface area is 229 Å². The predicted octanol–water partition coefficient (Wildman–Crippen LogP) is 3.54. The van der Waals surface area contributed by atoms with Crippen molar-refractivity contribution in [1.82, 2.24) is 10.2 Å². The van der Waals surface area contributed by atoms with Gasteiger partial charge in [-0.1, -0.05) is 80.6 Å². The molecule has 0 aliphatic rings. The quantitative estimate of drug-likeness (QED) is 0.385. The lowest BCUT2D eigenvalue weighted by atomic mass is 9.96. The molecule has 0 bridgehead atoms. The molecule has 2 N–H and O–H groups in total. The van der Waals surface area contributed by atoms with Crippen LogP contribution in [0.5, 0.6) is 0 Å². The molecule has 39 heavy (non-hydrogen) atoms. The number of carboxylic acids is 1. The highest BCUT2D eigenvalue weighted by molar-refractivity contribution is 5.96. The van der Waals surface area contributed by atoms with Crippen molar-refractivity contribution in [3.8, 4) is 11.1 Å². The summed E-state index contributed by atoms with van der Waals surface area (Å²) in [4.78, 5) is 38.5. The van der Waals surface area contributed by atoms with E-state index in [1.54, 1.807) is 20.8 Å². The van der Waals surface area contributed by atoms with Crippen molar-refractivity contribution < 1.29 is 29.3 Å². The summed E-state index contributed by atoms with van der Waals surface area (Å²) in [5, 5.41) is 27.0. The number of nitrogens with one attached hydrogen (secondary N) is 1. The van der Waals surface area contributed by atoms with Gasteiger partial charge in [0.2, 0.25) is 0 Å². The lowest BCUT2D eigenvalue weighted by Crippen LogP contribution is -2.55. The Hall–Kier alpha value is -3.91. The van der Waals surface area contributed by atoms with Crippen LogP contribution in [0.25, 0.3) is 21.9 Å². The Morgan fingerprint density at radius 2 is 1.59 bits per heavy atom. The van der Waals surface area contributed by atoms with Crippen molar-refractivity contribution >= 4 is 28.7 Å². The summed E-state index contributed by atoms with van der Waals surface area (Å²) in [7, 11) is 0. The number of hydrogen-bond acceptors (Lipinski definition) is 6. The Bertz CT molecular complexity index is 1290. The fourth-order valence-electron chi connectivity index (χ4n) is 4.30.